The average molecular weight is 232 g/mol. The van der Waals surface area contributed by atoms with Crippen molar-refractivity contribution in [1.29, 1.82) is 0 Å². The summed E-state index contributed by atoms with van der Waals surface area (Å²) in [6.45, 7) is 4.28. The van der Waals surface area contributed by atoms with E-state index in [0.29, 0.717) is 5.92 Å². The first-order valence-electron chi connectivity index (χ1n) is 6.85. The molecule has 0 saturated carbocycles. The lowest BCUT2D eigenvalue weighted by molar-refractivity contribution is 0.186. The van der Waals surface area contributed by atoms with Crippen molar-refractivity contribution in [2.45, 2.75) is 52.1 Å². The molecule has 0 amide bonds. The minimum atomic E-state index is -0.195. The third-order valence-corrected chi connectivity index (χ3v) is 4.02. The van der Waals surface area contributed by atoms with Crippen LogP contribution in [0.3, 0.4) is 0 Å². The van der Waals surface area contributed by atoms with Gasteiger partial charge in [-0.1, -0.05) is 29.9 Å². The van der Waals surface area contributed by atoms with Gasteiger partial charge in [-0.2, -0.15) is 0 Å². The van der Waals surface area contributed by atoms with Gasteiger partial charge in [0.25, 0.3) is 0 Å². The molecule has 0 aromatic heterocycles. The quantitative estimate of drug-likeness (QED) is 0.713. The predicted molar refractivity (Wildman–Crippen MR) is 72.7 cm³/mol. The summed E-state index contributed by atoms with van der Waals surface area (Å²) in [6.07, 6.45) is 14.9. The molecule has 0 radical (unpaired) electrons. The first kappa shape index (κ1) is 12.6. The van der Waals surface area contributed by atoms with Gasteiger partial charge < -0.3 is 5.11 Å². The second-order valence-electron chi connectivity index (χ2n) is 5.64. The van der Waals surface area contributed by atoms with Crippen LogP contribution >= 0.6 is 0 Å². The summed E-state index contributed by atoms with van der Waals surface area (Å²) in [5, 5.41) is 9.65. The Bertz CT molecular complexity index is 349. The first-order valence-corrected chi connectivity index (χ1v) is 6.85. The van der Waals surface area contributed by atoms with E-state index in [9.17, 15) is 5.11 Å². The van der Waals surface area contributed by atoms with Crippen LogP contribution in [-0.4, -0.2) is 11.2 Å². The van der Waals surface area contributed by atoms with Crippen LogP contribution in [0.4, 0.5) is 0 Å². The fourth-order valence-corrected chi connectivity index (χ4v) is 2.87. The van der Waals surface area contributed by atoms with E-state index in [1.54, 1.807) is 0 Å². The fourth-order valence-electron chi connectivity index (χ4n) is 2.87. The molecule has 2 aliphatic rings. The predicted octanol–water partition coefficient (Wildman–Crippen LogP) is 4.01. The molecule has 0 spiro atoms. The molecule has 2 rings (SSSR count). The van der Waals surface area contributed by atoms with Crippen molar-refractivity contribution in [1.82, 2.24) is 0 Å². The van der Waals surface area contributed by atoms with E-state index < -0.39 is 0 Å². The van der Waals surface area contributed by atoms with E-state index >= 15 is 0 Å². The van der Waals surface area contributed by atoms with E-state index in [0.717, 1.165) is 24.3 Å². The molecule has 1 nitrogen and oxygen atoms in total. The maximum Gasteiger partial charge on any atom is 0.0748 e. The molecule has 1 N–H and O–H groups in total. The van der Waals surface area contributed by atoms with E-state index in [2.05, 4.69) is 31.2 Å². The van der Waals surface area contributed by atoms with Crippen LogP contribution in [0, 0.1) is 11.8 Å². The van der Waals surface area contributed by atoms with Gasteiger partial charge >= 0.3 is 0 Å². The zero-order valence-corrected chi connectivity index (χ0v) is 11.0. The molecule has 3 atom stereocenters. The number of aliphatic hydroxyl groups is 1. The summed E-state index contributed by atoms with van der Waals surface area (Å²) in [5.74, 6) is 1.28. The maximum atomic E-state index is 9.65. The van der Waals surface area contributed by atoms with Gasteiger partial charge in [0, 0.05) is 0 Å². The van der Waals surface area contributed by atoms with Crippen molar-refractivity contribution in [3.8, 4) is 0 Å². The molecule has 0 bridgehead atoms. The van der Waals surface area contributed by atoms with Gasteiger partial charge in [0.05, 0.1) is 6.10 Å². The van der Waals surface area contributed by atoms with Gasteiger partial charge in [0.2, 0.25) is 0 Å². The molecule has 0 aromatic rings. The van der Waals surface area contributed by atoms with Crippen LogP contribution in [0.2, 0.25) is 0 Å². The Labute approximate surface area is 105 Å². The van der Waals surface area contributed by atoms with Gasteiger partial charge in [0.15, 0.2) is 0 Å². The van der Waals surface area contributed by atoms with Crippen molar-refractivity contribution >= 4 is 0 Å². The Kier molecular flexibility index (Phi) is 4.22. The topological polar surface area (TPSA) is 20.2 Å². The van der Waals surface area contributed by atoms with Crippen LogP contribution in [0.15, 0.2) is 35.5 Å². The van der Waals surface area contributed by atoms with E-state index in [1.165, 1.54) is 24.8 Å². The SMILES string of the molecule is CC1=CCCC(C=CC2C=C(C)C(O)CC2)C1. The third-order valence-electron chi connectivity index (χ3n) is 4.02. The second kappa shape index (κ2) is 5.68. The molecule has 0 aromatic carbocycles. The smallest absolute Gasteiger partial charge is 0.0748 e. The minimum absolute atomic E-state index is 0.195. The monoisotopic (exact) mass is 232 g/mol. The lowest BCUT2D eigenvalue weighted by Gasteiger charge is -2.22. The van der Waals surface area contributed by atoms with Crippen molar-refractivity contribution < 1.29 is 5.11 Å². The molecule has 0 aliphatic heterocycles. The van der Waals surface area contributed by atoms with Crippen LogP contribution in [0.25, 0.3) is 0 Å². The molecule has 0 fully saturated rings. The highest BCUT2D eigenvalue weighted by Gasteiger charge is 2.17. The normalized spacial score (nSPS) is 34.6. The molecule has 17 heavy (non-hydrogen) atoms. The van der Waals surface area contributed by atoms with Crippen molar-refractivity contribution in [3.63, 3.8) is 0 Å². The van der Waals surface area contributed by atoms with Crippen molar-refractivity contribution in [3.05, 3.63) is 35.5 Å². The zero-order chi connectivity index (χ0) is 12.3. The molecule has 94 valence electrons. The number of rotatable bonds is 2. The van der Waals surface area contributed by atoms with Gasteiger partial charge in [0.1, 0.15) is 0 Å². The highest BCUT2D eigenvalue weighted by molar-refractivity contribution is 5.16. The van der Waals surface area contributed by atoms with E-state index in [-0.39, 0.29) is 6.10 Å². The fraction of sp³-hybridized carbons (Fsp3) is 0.625. The molecular weight excluding hydrogens is 208 g/mol. The number of allylic oxidation sites excluding steroid dienone is 5. The molecule has 0 saturated heterocycles. The summed E-state index contributed by atoms with van der Waals surface area (Å²) in [6, 6.07) is 0. The Morgan fingerprint density at radius 2 is 2.00 bits per heavy atom. The van der Waals surface area contributed by atoms with Crippen LogP contribution < -0.4 is 0 Å². The highest BCUT2D eigenvalue weighted by Crippen LogP contribution is 2.28. The number of aliphatic hydroxyl groups excluding tert-OH is 1. The summed E-state index contributed by atoms with van der Waals surface area (Å²) in [7, 11) is 0. The van der Waals surface area contributed by atoms with Crippen molar-refractivity contribution in [2.75, 3.05) is 0 Å². The Balaban J connectivity index is 1.91. The molecule has 2 aliphatic carbocycles. The summed E-state index contributed by atoms with van der Waals surface area (Å²) in [4.78, 5) is 0. The number of hydrogen-bond acceptors (Lipinski definition) is 1. The number of hydrogen-bond donors (Lipinski definition) is 1. The molecule has 3 unspecified atom stereocenters. The minimum Gasteiger partial charge on any atom is -0.389 e. The Hall–Kier alpha value is -0.820. The van der Waals surface area contributed by atoms with E-state index in [4.69, 9.17) is 0 Å². The first-order chi connectivity index (χ1) is 8.15. The maximum absolute atomic E-state index is 9.65. The summed E-state index contributed by atoms with van der Waals surface area (Å²) >= 11 is 0. The van der Waals surface area contributed by atoms with Crippen LogP contribution in [-0.2, 0) is 0 Å². The van der Waals surface area contributed by atoms with Gasteiger partial charge in [-0.3, -0.25) is 0 Å². The van der Waals surface area contributed by atoms with Crippen LogP contribution in [0.5, 0.6) is 0 Å². The lowest BCUT2D eigenvalue weighted by atomic mass is 9.85. The molecule has 1 heteroatoms. The third kappa shape index (κ3) is 3.57. The summed E-state index contributed by atoms with van der Waals surface area (Å²) in [5.41, 5.74) is 2.68. The second-order valence-corrected chi connectivity index (χ2v) is 5.64. The van der Waals surface area contributed by atoms with Crippen LogP contribution in [0.1, 0.15) is 46.0 Å². The molecular formula is C16H24O. The zero-order valence-electron chi connectivity index (χ0n) is 11.0. The lowest BCUT2D eigenvalue weighted by Crippen LogP contribution is -2.16. The van der Waals surface area contributed by atoms with Crippen molar-refractivity contribution in [2.24, 2.45) is 11.8 Å². The Morgan fingerprint density at radius 3 is 2.71 bits per heavy atom. The van der Waals surface area contributed by atoms with Gasteiger partial charge in [-0.05, 0) is 63.4 Å². The van der Waals surface area contributed by atoms with Gasteiger partial charge in [-0.15, -0.1) is 0 Å². The average Bonchev–Trinajstić information content (AvgIpc) is 2.31. The largest absolute Gasteiger partial charge is 0.389 e. The van der Waals surface area contributed by atoms with E-state index in [1.807, 2.05) is 6.92 Å². The summed E-state index contributed by atoms with van der Waals surface area (Å²) < 4.78 is 0. The Morgan fingerprint density at radius 1 is 1.18 bits per heavy atom. The molecule has 0 heterocycles. The highest BCUT2D eigenvalue weighted by atomic mass is 16.3. The van der Waals surface area contributed by atoms with Gasteiger partial charge in [-0.25, -0.2) is 0 Å². The standard InChI is InChI=1S/C16H24O/c1-12-4-3-5-14(10-12)6-7-15-8-9-16(17)13(2)11-15/h4,6-7,11,14-17H,3,5,8-10H2,1-2H3.